The van der Waals surface area contributed by atoms with Gasteiger partial charge in [-0.25, -0.2) is 0 Å². The molecule has 0 heterocycles. The second-order valence-electron chi connectivity index (χ2n) is 1.77. The minimum Gasteiger partial charge on any atom is -0.469 e. The van der Waals surface area contributed by atoms with Crippen molar-refractivity contribution in [1.82, 2.24) is 0 Å². The molecule has 0 aromatic carbocycles. The Morgan fingerprint density at radius 1 is 1.50 bits per heavy atom. The van der Waals surface area contributed by atoms with Crippen LogP contribution in [0.4, 0.5) is 0 Å². The summed E-state index contributed by atoms with van der Waals surface area (Å²) in [5, 5.41) is 0. The number of esters is 1. The highest BCUT2D eigenvalue weighted by Crippen LogP contribution is 1.93. The van der Waals surface area contributed by atoms with Crippen molar-refractivity contribution in [1.29, 1.82) is 0 Å². The Hall–Kier alpha value is -0.510. The maximum Gasteiger partial charge on any atom is 0.313 e. The predicted octanol–water partition coefficient (Wildman–Crippen LogP) is 0.439. The first-order chi connectivity index (χ1) is 4.70. The van der Waals surface area contributed by atoms with Gasteiger partial charge in [0.05, 0.1) is 7.11 Å². The lowest BCUT2D eigenvalue weighted by Crippen LogP contribution is -2.09. The fourth-order valence-electron chi connectivity index (χ4n) is 0.446. The smallest absolute Gasteiger partial charge is 0.313 e. The van der Waals surface area contributed by atoms with Gasteiger partial charge in [-0.2, -0.15) is 12.6 Å². The number of thiol groups is 1. The van der Waals surface area contributed by atoms with Crippen molar-refractivity contribution in [2.45, 2.75) is 12.8 Å². The molecule has 0 rings (SSSR count). The molecule has 0 N–H and O–H groups in total. The number of rotatable bonds is 4. The van der Waals surface area contributed by atoms with Gasteiger partial charge >= 0.3 is 5.97 Å². The molecule has 0 saturated heterocycles. The maximum atomic E-state index is 10.7. The Balaban J connectivity index is 3.47. The third-order valence-corrected chi connectivity index (χ3v) is 1.18. The van der Waals surface area contributed by atoms with Gasteiger partial charge in [-0.05, 0) is 5.75 Å². The molecule has 0 aromatic heterocycles. The number of hydrogen-bond donors (Lipinski definition) is 1. The van der Waals surface area contributed by atoms with Crippen molar-refractivity contribution in [3.05, 3.63) is 0 Å². The maximum absolute atomic E-state index is 10.7. The number of methoxy groups -OCH3 is 1. The van der Waals surface area contributed by atoms with E-state index in [4.69, 9.17) is 0 Å². The lowest BCUT2D eigenvalue weighted by molar-refractivity contribution is -0.143. The van der Waals surface area contributed by atoms with Gasteiger partial charge in [-0.15, -0.1) is 0 Å². The molecular weight excluding hydrogens is 152 g/mol. The Bertz CT molecular complexity index is 133. The molecule has 0 radical (unpaired) electrons. The molecule has 0 amide bonds. The number of carbonyl (C=O) groups excluding carboxylic acids is 2. The largest absolute Gasteiger partial charge is 0.469 e. The van der Waals surface area contributed by atoms with Crippen LogP contribution in [0.5, 0.6) is 0 Å². The van der Waals surface area contributed by atoms with Gasteiger partial charge in [-0.1, -0.05) is 0 Å². The summed E-state index contributed by atoms with van der Waals surface area (Å²) in [4.78, 5) is 21.1. The molecule has 0 bridgehead atoms. The molecule has 3 nitrogen and oxygen atoms in total. The first kappa shape index (κ1) is 9.49. The van der Waals surface area contributed by atoms with Crippen LogP contribution in [0, 0.1) is 0 Å². The average molecular weight is 162 g/mol. The third-order valence-electron chi connectivity index (χ3n) is 0.960. The summed E-state index contributed by atoms with van der Waals surface area (Å²) in [6.07, 6.45) is 0.204. The molecule has 0 aliphatic rings. The zero-order chi connectivity index (χ0) is 7.98. The van der Waals surface area contributed by atoms with Gasteiger partial charge in [0.25, 0.3) is 0 Å². The quantitative estimate of drug-likeness (QED) is 0.370. The van der Waals surface area contributed by atoms with Crippen molar-refractivity contribution >= 4 is 24.4 Å². The Kier molecular flexibility index (Phi) is 5.02. The van der Waals surface area contributed by atoms with E-state index in [1.54, 1.807) is 0 Å². The van der Waals surface area contributed by atoms with Crippen LogP contribution in [-0.2, 0) is 14.3 Å². The van der Waals surface area contributed by atoms with Crippen molar-refractivity contribution in [3.63, 3.8) is 0 Å². The summed E-state index contributed by atoms with van der Waals surface area (Å²) in [6.45, 7) is 0. The van der Waals surface area contributed by atoms with Gasteiger partial charge in [0.1, 0.15) is 12.2 Å². The van der Waals surface area contributed by atoms with Crippen LogP contribution >= 0.6 is 12.6 Å². The normalized spacial score (nSPS) is 9.00. The standard InChI is InChI=1S/C6H10O3S/c1-9-6(8)4-5(7)2-3-10/h10H,2-4H2,1H3. The summed E-state index contributed by atoms with van der Waals surface area (Å²) >= 11 is 3.84. The second kappa shape index (κ2) is 5.29. The SMILES string of the molecule is COC(=O)CC(=O)CCS. The fraction of sp³-hybridized carbons (Fsp3) is 0.667. The van der Waals surface area contributed by atoms with E-state index >= 15 is 0 Å². The van der Waals surface area contributed by atoms with Crippen LogP contribution < -0.4 is 0 Å². The molecule has 0 aromatic rings. The van der Waals surface area contributed by atoms with E-state index in [-0.39, 0.29) is 12.2 Å². The highest BCUT2D eigenvalue weighted by atomic mass is 32.1. The highest BCUT2D eigenvalue weighted by Gasteiger charge is 2.07. The predicted molar refractivity (Wildman–Crippen MR) is 40.1 cm³/mol. The summed E-state index contributed by atoms with van der Waals surface area (Å²) in [6, 6.07) is 0. The molecule has 0 spiro atoms. The van der Waals surface area contributed by atoms with Crippen molar-refractivity contribution in [2.24, 2.45) is 0 Å². The van der Waals surface area contributed by atoms with Crippen molar-refractivity contribution in [2.75, 3.05) is 12.9 Å². The highest BCUT2D eigenvalue weighted by molar-refractivity contribution is 7.80. The zero-order valence-electron chi connectivity index (χ0n) is 5.79. The second-order valence-corrected chi connectivity index (χ2v) is 2.21. The first-order valence-corrected chi connectivity index (χ1v) is 3.53. The van der Waals surface area contributed by atoms with Gasteiger partial charge in [0.15, 0.2) is 0 Å². The summed E-state index contributed by atoms with van der Waals surface area (Å²) in [5.41, 5.74) is 0. The number of carbonyl (C=O) groups is 2. The summed E-state index contributed by atoms with van der Waals surface area (Å²) < 4.78 is 4.28. The topological polar surface area (TPSA) is 43.4 Å². The zero-order valence-corrected chi connectivity index (χ0v) is 6.69. The van der Waals surface area contributed by atoms with Crippen LogP contribution in [0.3, 0.4) is 0 Å². The fourth-order valence-corrected chi connectivity index (χ4v) is 0.696. The van der Waals surface area contributed by atoms with Crippen LogP contribution in [0.2, 0.25) is 0 Å². The summed E-state index contributed by atoms with van der Waals surface area (Å²) in [7, 11) is 1.26. The number of hydrogen-bond acceptors (Lipinski definition) is 4. The van der Waals surface area contributed by atoms with E-state index in [1.165, 1.54) is 7.11 Å². The Morgan fingerprint density at radius 3 is 2.50 bits per heavy atom. The van der Waals surface area contributed by atoms with Gasteiger partial charge < -0.3 is 4.74 Å². The number of Topliss-reactive ketones (excluding diaryl/α,β-unsaturated/α-hetero) is 1. The van der Waals surface area contributed by atoms with Gasteiger partial charge in [0, 0.05) is 6.42 Å². The Morgan fingerprint density at radius 2 is 2.10 bits per heavy atom. The average Bonchev–Trinajstić information content (AvgIpc) is 1.88. The third kappa shape index (κ3) is 4.38. The molecule has 0 aliphatic heterocycles. The molecule has 58 valence electrons. The monoisotopic (exact) mass is 162 g/mol. The van der Waals surface area contributed by atoms with Crippen LogP contribution in [0.25, 0.3) is 0 Å². The molecule has 4 heteroatoms. The number of ether oxygens (including phenoxy) is 1. The van der Waals surface area contributed by atoms with Crippen LogP contribution in [-0.4, -0.2) is 24.6 Å². The molecule has 10 heavy (non-hydrogen) atoms. The minimum absolute atomic E-state index is 0.123. The van der Waals surface area contributed by atoms with E-state index in [1.807, 2.05) is 0 Å². The molecular formula is C6H10O3S. The Labute approximate surface area is 65.2 Å². The first-order valence-electron chi connectivity index (χ1n) is 2.90. The molecule has 0 fully saturated rings. The lowest BCUT2D eigenvalue weighted by atomic mass is 10.2. The molecule has 0 aliphatic carbocycles. The van der Waals surface area contributed by atoms with Crippen molar-refractivity contribution < 1.29 is 14.3 Å². The van der Waals surface area contributed by atoms with Crippen LogP contribution in [0.1, 0.15) is 12.8 Å². The molecule has 0 atom stereocenters. The number of ketones is 1. The van der Waals surface area contributed by atoms with E-state index in [9.17, 15) is 9.59 Å². The van der Waals surface area contributed by atoms with E-state index in [0.717, 1.165) is 0 Å². The van der Waals surface area contributed by atoms with Gasteiger partial charge in [0.2, 0.25) is 0 Å². The van der Waals surface area contributed by atoms with E-state index in [0.29, 0.717) is 12.2 Å². The molecule has 0 unspecified atom stereocenters. The van der Waals surface area contributed by atoms with Gasteiger partial charge in [-0.3, -0.25) is 9.59 Å². The van der Waals surface area contributed by atoms with E-state index < -0.39 is 5.97 Å². The minimum atomic E-state index is -0.480. The molecule has 0 saturated carbocycles. The lowest BCUT2D eigenvalue weighted by Gasteiger charge is -1.95. The van der Waals surface area contributed by atoms with Crippen LogP contribution in [0.15, 0.2) is 0 Å². The van der Waals surface area contributed by atoms with E-state index in [2.05, 4.69) is 17.4 Å². The summed E-state index contributed by atoms with van der Waals surface area (Å²) in [5.74, 6) is -0.121. The van der Waals surface area contributed by atoms with Crippen molar-refractivity contribution in [3.8, 4) is 0 Å².